The maximum Gasteiger partial charge on any atom is 0.307 e. The predicted molar refractivity (Wildman–Crippen MR) is 48.3 cm³/mol. The topological polar surface area (TPSA) is 49.8 Å². The van der Waals surface area contributed by atoms with Gasteiger partial charge in [0.05, 0.1) is 19.6 Å². The maximum atomic E-state index is 11.0. The Balaban J connectivity index is 2.41. The molecule has 0 spiro atoms. The molecule has 1 aliphatic rings. The molecule has 1 rings (SSSR count). The van der Waals surface area contributed by atoms with Crippen LogP contribution in [0.5, 0.6) is 0 Å². The molecule has 0 aromatic carbocycles. The smallest absolute Gasteiger partial charge is 0.307 e. The Bertz CT molecular complexity index is 197. The van der Waals surface area contributed by atoms with Gasteiger partial charge in [-0.3, -0.25) is 9.69 Å². The van der Waals surface area contributed by atoms with Crippen LogP contribution in [-0.2, 0) is 9.53 Å². The number of methoxy groups -OCH3 is 1. The van der Waals surface area contributed by atoms with Gasteiger partial charge in [0, 0.05) is 18.6 Å². The molecule has 0 bridgehead atoms. The zero-order chi connectivity index (χ0) is 10.1. The first-order valence-electron chi connectivity index (χ1n) is 4.45. The molecule has 76 valence electrons. The highest BCUT2D eigenvalue weighted by molar-refractivity contribution is 5.70. The Labute approximate surface area is 78.5 Å². The number of rotatable bonds is 3. The van der Waals surface area contributed by atoms with Gasteiger partial charge in [-0.05, 0) is 13.8 Å². The molecule has 1 fully saturated rings. The van der Waals surface area contributed by atoms with Crippen LogP contribution in [-0.4, -0.2) is 47.8 Å². The van der Waals surface area contributed by atoms with E-state index in [-0.39, 0.29) is 17.6 Å². The minimum absolute atomic E-state index is 0.202. The molecule has 1 N–H and O–H groups in total. The van der Waals surface area contributed by atoms with Crippen LogP contribution in [0.25, 0.3) is 0 Å². The van der Waals surface area contributed by atoms with Crippen LogP contribution in [0.2, 0.25) is 0 Å². The molecule has 13 heavy (non-hydrogen) atoms. The van der Waals surface area contributed by atoms with Gasteiger partial charge in [0.15, 0.2) is 0 Å². The summed E-state index contributed by atoms with van der Waals surface area (Å²) >= 11 is 0. The van der Waals surface area contributed by atoms with Crippen LogP contribution in [0.4, 0.5) is 0 Å². The van der Waals surface area contributed by atoms with E-state index in [1.54, 1.807) is 0 Å². The van der Waals surface area contributed by atoms with E-state index in [0.717, 1.165) is 0 Å². The van der Waals surface area contributed by atoms with Gasteiger partial charge in [-0.2, -0.15) is 0 Å². The van der Waals surface area contributed by atoms with E-state index < -0.39 is 0 Å². The highest BCUT2D eigenvalue weighted by Gasteiger charge is 2.37. The van der Waals surface area contributed by atoms with E-state index in [9.17, 15) is 4.79 Å². The van der Waals surface area contributed by atoms with E-state index in [0.29, 0.717) is 19.5 Å². The number of ether oxygens (including phenoxy) is 1. The SMILES string of the molecule is COC(=O)CC(C)(C)N1CC(O)C1. The lowest BCUT2D eigenvalue weighted by Gasteiger charge is -2.46. The third-order valence-electron chi connectivity index (χ3n) is 2.52. The summed E-state index contributed by atoms with van der Waals surface area (Å²) in [5, 5.41) is 9.12. The molecule has 0 aliphatic carbocycles. The predicted octanol–water partition coefficient (Wildman–Crippen LogP) is 0.00460. The maximum absolute atomic E-state index is 11.0. The number of hydrogen-bond acceptors (Lipinski definition) is 4. The molecule has 0 radical (unpaired) electrons. The van der Waals surface area contributed by atoms with Crippen molar-refractivity contribution in [1.29, 1.82) is 0 Å². The molecule has 0 aromatic heterocycles. The largest absolute Gasteiger partial charge is 0.469 e. The summed E-state index contributed by atoms with van der Waals surface area (Å²) < 4.78 is 4.60. The second-order valence-electron chi connectivity index (χ2n) is 4.12. The molecule has 1 saturated heterocycles. The number of hydrogen-bond donors (Lipinski definition) is 1. The van der Waals surface area contributed by atoms with Crippen LogP contribution < -0.4 is 0 Å². The Hall–Kier alpha value is -0.610. The van der Waals surface area contributed by atoms with Gasteiger partial charge in [-0.25, -0.2) is 0 Å². The fraction of sp³-hybridized carbons (Fsp3) is 0.889. The molecule has 1 aliphatic heterocycles. The summed E-state index contributed by atoms with van der Waals surface area (Å²) in [5.41, 5.74) is -0.202. The lowest BCUT2D eigenvalue weighted by atomic mass is 9.93. The van der Waals surface area contributed by atoms with Gasteiger partial charge in [0.1, 0.15) is 0 Å². The van der Waals surface area contributed by atoms with Crippen molar-refractivity contribution in [2.24, 2.45) is 0 Å². The van der Waals surface area contributed by atoms with Gasteiger partial charge in [-0.1, -0.05) is 0 Å². The summed E-state index contributed by atoms with van der Waals surface area (Å²) in [6, 6.07) is 0. The van der Waals surface area contributed by atoms with Crippen LogP contribution in [0.15, 0.2) is 0 Å². The Morgan fingerprint density at radius 2 is 2.15 bits per heavy atom. The van der Waals surface area contributed by atoms with E-state index in [4.69, 9.17) is 5.11 Å². The molecule has 0 saturated carbocycles. The highest BCUT2D eigenvalue weighted by Crippen LogP contribution is 2.25. The van der Waals surface area contributed by atoms with Crippen LogP contribution >= 0.6 is 0 Å². The number of β-amino-alcohol motifs (C(OH)–C–C–N with tert-alkyl or cyclic N) is 1. The van der Waals surface area contributed by atoms with Gasteiger partial charge in [0.2, 0.25) is 0 Å². The summed E-state index contributed by atoms with van der Waals surface area (Å²) in [6.45, 7) is 5.28. The first kappa shape index (κ1) is 10.5. The fourth-order valence-corrected chi connectivity index (χ4v) is 1.49. The number of carbonyl (C=O) groups excluding carboxylic acids is 1. The van der Waals surface area contributed by atoms with E-state index >= 15 is 0 Å². The molecule has 0 atom stereocenters. The second kappa shape index (κ2) is 3.64. The van der Waals surface area contributed by atoms with Crippen molar-refractivity contribution >= 4 is 5.97 Å². The lowest BCUT2D eigenvalue weighted by molar-refractivity contribution is -0.146. The molecule has 4 nitrogen and oxygen atoms in total. The number of esters is 1. The Morgan fingerprint density at radius 1 is 1.62 bits per heavy atom. The average molecular weight is 187 g/mol. The van der Waals surface area contributed by atoms with Crippen molar-refractivity contribution < 1.29 is 14.6 Å². The van der Waals surface area contributed by atoms with Gasteiger partial charge < -0.3 is 9.84 Å². The number of nitrogens with zero attached hydrogens (tertiary/aromatic N) is 1. The normalized spacial score (nSPS) is 19.7. The van der Waals surface area contributed by atoms with Gasteiger partial charge >= 0.3 is 5.97 Å². The summed E-state index contributed by atoms with van der Waals surface area (Å²) in [5.74, 6) is -0.202. The van der Waals surface area contributed by atoms with Gasteiger partial charge in [-0.15, -0.1) is 0 Å². The van der Waals surface area contributed by atoms with Crippen molar-refractivity contribution in [3.05, 3.63) is 0 Å². The molecular formula is C9H17NO3. The molecule has 4 heteroatoms. The van der Waals surface area contributed by atoms with Crippen molar-refractivity contribution in [2.45, 2.75) is 31.9 Å². The lowest BCUT2D eigenvalue weighted by Crippen LogP contribution is -2.60. The Kier molecular flexibility index (Phi) is 2.93. The molecule has 0 unspecified atom stereocenters. The van der Waals surface area contributed by atoms with E-state index in [2.05, 4.69) is 9.64 Å². The third-order valence-corrected chi connectivity index (χ3v) is 2.52. The molecule has 0 amide bonds. The van der Waals surface area contributed by atoms with Crippen LogP contribution in [0.1, 0.15) is 20.3 Å². The summed E-state index contributed by atoms with van der Waals surface area (Å²) in [6.07, 6.45) is 0.146. The summed E-state index contributed by atoms with van der Waals surface area (Å²) in [4.78, 5) is 13.1. The number of aliphatic hydroxyl groups is 1. The monoisotopic (exact) mass is 187 g/mol. The van der Waals surface area contributed by atoms with E-state index in [1.165, 1.54) is 7.11 Å². The minimum Gasteiger partial charge on any atom is -0.469 e. The number of aliphatic hydroxyl groups excluding tert-OH is 1. The van der Waals surface area contributed by atoms with Crippen LogP contribution in [0, 0.1) is 0 Å². The minimum atomic E-state index is -0.225. The molecular weight excluding hydrogens is 170 g/mol. The highest BCUT2D eigenvalue weighted by atomic mass is 16.5. The van der Waals surface area contributed by atoms with Gasteiger partial charge in [0.25, 0.3) is 0 Å². The first-order valence-corrected chi connectivity index (χ1v) is 4.45. The van der Waals surface area contributed by atoms with Crippen LogP contribution in [0.3, 0.4) is 0 Å². The fourth-order valence-electron chi connectivity index (χ4n) is 1.49. The summed E-state index contributed by atoms with van der Waals surface area (Å²) in [7, 11) is 1.39. The number of likely N-dealkylation sites (tertiary alicyclic amines) is 1. The molecule has 1 heterocycles. The standard InChI is InChI=1S/C9H17NO3/c1-9(2,4-8(12)13-3)10-5-7(11)6-10/h7,11H,4-6H2,1-3H3. The second-order valence-corrected chi connectivity index (χ2v) is 4.12. The molecule has 0 aromatic rings. The van der Waals surface area contributed by atoms with E-state index in [1.807, 2.05) is 13.8 Å². The van der Waals surface area contributed by atoms with Crippen molar-refractivity contribution in [3.8, 4) is 0 Å². The number of carbonyl (C=O) groups is 1. The average Bonchev–Trinajstić information content (AvgIpc) is 1.97. The van der Waals surface area contributed by atoms with Crippen molar-refractivity contribution in [2.75, 3.05) is 20.2 Å². The zero-order valence-corrected chi connectivity index (χ0v) is 8.41. The Morgan fingerprint density at radius 3 is 2.54 bits per heavy atom. The first-order chi connectivity index (χ1) is 5.95. The van der Waals surface area contributed by atoms with Crippen molar-refractivity contribution in [3.63, 3.8) is 0 Å². The van der Waals surface area contributed by atoms with Crippen molar-refractivity contribution in [1.82, 2.24) is 4.90 Å². The zero-order valence-electron chi connectivity index (χ0n) is 8.41. The third kappa shape index (κ3) is 2.42. The quantitative estimate of drug-likeness (QED) is 0.632.